The zero-order chi connectivity index (χ0) is 16.0. The Hall–Kier alpha value is -0.300. The first-order valence-corrected chi connectivity index (χ1v) is 7.74. The first kappa shape index (κ1) is 23.0. The van der Waals surface area contributed by atoms with E-state index in [0.29, 0.717) is 0 Å². The minimum Gasteiger partial charge on any atom is -0.356 e. The second-order valence-corrected chi connectivity index (χ2v) is 6.72. The Kier molecular flexibility index (Phi) is 9.82. The Morgan fingerprint density at radius 3 is 2.10 bits per heavy atom. The van der Waals surface area contributed by atoms with Gasteiger partial charge in [-0.1, -0.05) is 0 Å². The standard InChI is InChI=1S/C10H21F3N4O2S.HI/c1-9(2,17-20(4,18)19)7-16-8(14-3)15-6-5-10(11,12)13;/h17H,5-7H2,1-4H3,(H2,14,15,16);1H. The molecule has 21 heavy (non-hydrogen) atoms. The molecule has 0 heterocycles. The van der Waals surface area contributed by atoms with Gasteiger partial charge in [-0.2, -0.15) is 13.2 Å². The predicted molar refractivity (Wildman–Crippen MR) is 87.5 cm³/mol. The molecule has 128 valence electrons. The average Bonchev–Trinajstić information content (AvgIpc) is 2.17. The zero-order valence-corrected chi connectivity index (χ0v) is 15.5. The SMILES string of the molecule is CN=C(NCCC(F)(F)F)NCC(C)(C)NS(C)(=O)=O.I. The van der Waals surface area contributed by atoms with E-state index in [0.717, 1.165) is 6.26 Å². The fourth-order valence-electron chi connectivity index (χ4n) is 1.39. The van der Waals surface area contributed by atoms with Gasteiger partial charge in [0.15, 0.2) is 5.96 Å². The number of hydrogen-bond acceptors (Lipinski definition) is 3. The van der Waals surface area contributed by atoms with Gasteiger partial charge in [0.1, 0.15) is 0 Å². The molecule has 11 heteroatoms. The number of hydrogen-bond donors (Lipinski definition) is 3. The summed E-state index contributed by atoms with van der Waals surface area (Å²) in [5, 5.41) is 5.27. The van der Waals surface area contributed by atoms with Crippen LogP contribution < -0.4 is 15.4 Å². The Labute approximate surface area is 140 Å². The van der Waals surface area contributed by atoms with Crippen LogP contribution in [0.3, 0.4) is 0 Å². The van der Waals surface area contributed by atoms with E-state index >= 15 is 0 Å². The summed E-state index contributed by atoms with van der Waals surface area (Å²) in [6.07, 6.45) is -4.17. The third-order valence-corrected chi connectivity index (χ3v) is 3.01. The maximum absolute atomic E-state index is 12.0. The Morgan fingerprint density at radius 2 is 1.71 bits per heavy atom. The quantitative estimate of drug-likeness (QED) is 0.324. The first-order valence-electron chi connectivity index (χ1n) is 5.85. The summed E-state index contributed by atoms with van der Waals surface area (Å²) in [5.74, 6) is 0.178. The van der Waals surface area contributed by atoms with Crippen LogP contribution in [0.2, 0.25) is 0 Å². The highest BCUT2D eigenvalue weighted by molar-refractivity contribution is 14.0. The molecule has 0 aromatic carbocycles. The van der Waals surface area contributed by atoms with Crippen molar-refractivity contribution in [2.24, 2.45) is 4.99 Å². The van der Waals surface area contributed by atoms with E-state index in [1.54, 1.807) is 13.8 Å². The van der Waals surface area contributed by atoms with Gasteiger partial charge < -0.3 is 10.6 Å². The number of alkyl halides is 3. The minimum atomic E-state index is -4.23. The van der Waals surface area contributed by atoms with Crippen molar-refractivity contribution in [2.75, 3.05) is 26.4 Å². The summed E-state index contributed by atoms with van der Waals surface area (Å²) in [5.41, 5.74) is -0.796. The maximum Gasteiger partial charge on any atom is 0.390 e. The smallest absolute Gasteiger partial charge is 0.356 e. The summed E-state index contributed by atoms with van der Waals surface area (Å²) >= 11 is 0. The molecule has 0 spiro atoms. The van der Waals surface area contributed by atoms with E-state index in [2.05, 4.69) is 20.3 Å². The van der Waals surface area contributed by atoms with Crippen molar-refractivity contribution in [3.63, 3.8) is 0 Å². The molecule has 0 aromatic rings. The van der Waals surface area contributed by atoms with Crippen molar-refractivity contribution >= 4 is 40.0 Å². The topological polar surface area (TPSA) is 82.6 Å². The van der Waals surface area contributed by atoms with Crippen molar-refractivity contribution in [2.45, 2.75) is 32.0 Å². The molecule has 0 atom stereocenters. The molecule has 0 amide bonds. The fraction of sp³-hybridized carbons (Fsp3) is 0.900. The Bertz CT molecular complexity index is 438. The van der Waals surface area contributed by atoms with Gasteiger partial charge in [0.25, 0.3) is 0 Å². The molecule has 3 N–H and O–H groups in total. The van der Waals surface area contributed by atoms with Crippen LogP contribution in [0, 0.1) is 0 Å². The highest BCUT2D eigenvalue weighted by atomic mass is 127. The van der Waals surface area contributed by atoms with Crippen LogP contribution in [-0.4, -0.2) is 52.5 Å². The molecule has 0 radical (unpaired) electrons. The summed E-state index contributed by atoms with van der Waals surface area (Å²) in [6.45, 7) is 3.16. The number of halogens is 4. The molecule has 0 saturated heterocycles. The maximum atomic E-state index is 12.0. The minimum absolute atomic E-state index is 0. The van der Waals surface area contributed by atoms with E-state index in [1.165, 1.54) is 7.05 Å². The highest BCUT2D eigenvalue weighted by Gasteiger charge is 2.26. The molecule has 0 aliphatic rings. The van der Waals surface area contributed by atoms with Crippen molar-refractivity contribution < 1.29 is 21.6 Å². The molecule has 0 unspecified atom stereocenters. The number of guanidine groups is 1. The summed E-state index contributed by atoms with van der Waals surface area (Å²) in [6, 6.07) is 0. The van der Waals surface area contributed by atoms with Crippen LogP contribution >= 0.6 is 24.0 Å². The van der Waals surface area contributed by atoms with Gasteiger partial charge in [0, 0.05) is 25.7 Å². The molecular formula is C10H22F3IN4O2S. The lowest BCUT2D eigenvalue weighted by Crippen LogP contribution is -2.53. The largest absolute Gasteiger partial charge is 0.390 e. The lowest BCUT2D eigenvalue weighted by Gasteiger charge is -2.26. The van der Waals surface area contributed by atoms with Gasteiger partial charge in [-0.15, -0.1) is 24.0 Å². The van der Waals surface area contributed by atoms with Gasteiger partial charge in [-0.3, -0.25) is 4.99 Å². The van der Waals surface area contributed by atoms with Crippen LogP contribution in [-0.2, 0) is 10.0 Å². The van der Waals surface area contributed by atoms with Crippen molar-refractivity contribution in [1.82, 2.24) is 15.4 Å². The number of sulfonamides is 1. The molecule has 6 nitrogen and oxygen atoms in total. The lowest BCUT2D eigenvalue weighted by molar-refractivity contribution is -0.132. The molecular weight excluding hydrogens is 424 g/mol. The van der Waals surface area contributed by atoms with Crippen LogP contribution in [0.5, 0.6) is 0 Å². The monoisotopic (exact) mass is 446 g/mol. The number of aliphatic imine (C=N–C) groups is 1. The van der Waals surface area contributed by atoms with E-state index in [1.807, 2.05) is 0 Å². The summed E-state index contributed by atoms with van der Waals surface area (Å²) in [4.78, 5) is 3.76. The van der Waals surface area contributed by atoms with Gasteiger partial charge >= 0.3 is 6.18 Å². The molecule has 0 aliphatic heterocycles. The summed E-state index contributed by atoms with van der Waals surface area (Å²) in [7, 11) is -1.96. The van der Waals surface area contributed by atoms with E-state index in [-0.39, 0.29) is 43.0 Å². The predicted octanol–water partition coefficient (Wildman–Crippen LogP) is 1.05. The van der Waals surface area contributed by atoms with Gasteiger partial charge in [-0.25, -0.2) is 13.1 Å². The van der Waals surface area contributed by atoms with E-state index in [9.17, 15) is 21.6 Å². The van der Waals surface area contributed by atoms with Crippen LogP contribution in [0.1, 0.15) is 20.3 Å². The molecule has 0 bridgehead atoms. The van der Waals surface area contributed by atoms with Crippen LogP contribution in [0.4, 0.5) is 13.2 Å². The number of rotatable bonds is 6. The molecule has 0 fully saturated rings. The van der Waals surface area contributed by atoms with Crippen molar-refractivity contribution in [1.29, 1.82) is 0 Å². The van der Waals surface area contributed by atoms with Crippen molar-refractivity contribution in [3.8, 4) is 0 Å². The molecule has 0 aromatic heterocycles. The third kappa shape index (κ3) is 14.4. The highest BCUT2D eigenvalue weighted by Crippen LogP contribution is 2.18. The lowest BCUT2D eigenvalue weighted by atomic mass is 10.1. The van der Waals surface area contributed by atoms with Crippen LogP contribution in [0.25, 0.3) is 0 Å². The number of nitrogens with zero attached hydrogens (tertiary/aromatic N) is 1. The van der Waals surface area contributed by atoms with E-state index in [4.69, 9.17) is 0 Å². The molecule has 0 rings (SSSR count). The second-order valence-electron chi connectivity index (χ2n) is 4.98. The van der Waals surface area contributed by atoms with Crippen LogP contribution in [0.15, 0.2) is 4.99 Å². The second kappa shape index (κ2) is 8.98. The van der Waals surface area contributed by atoms with Crippen molar-refractivity contribution in [3.05, 3.63) is 0 Å². The van der Waals surface area contributed by atoms with Gasteiger partial charge in [-0.05, 0) is 13.8 Å². The normalized spacial score (nSPS) is 13.6. The van der Waals surface area contributed by atoms with Gasteiger partial charge in [0.05, 0.1) is 12.7 Å². The third-order valence-electron chi connectivity index (χ3n) is 2.08. The summed E-state index contributed by atoms with van der Waals surface area (Å²) < 4.78 is 60.7. The fourth-order valence-corrected chi connectivity index (χ4v) is 2.46. The molecule has 0 aliphatic carbocycles. The Morgan fingerprint density at radius 1 is 1.19 bits per heavy atom. The average molecular weight is 446 g/mol. The zero-order valence-electron chi connectivity index (χ0n) is 12.3. The molecule has 0 saturated carbocycles. The number of nitrogens with one attached hydrogen (secondary N) is 3. The van der Waals surface area contributed by atoms with Gasteiger partial charge in [0.2, 0.25) is 10.0 Å². The van der Waals surface area contributed by atoms with E-state index < -0.39 is 28.2 Å². The first-order chi connectivity index (χ1) is 8.85. The Balaban J connectivity index is 0.